The number of esters is 1. The summed E-state index contributed by atoms with van der Waals surface area (Å²) in [5.74, 6) is -1.27. The average molecular weight is 214 g/mol. The summed E-state index contributed by atoms with van der Waals surface area (Å²) in [4.78, 5) is 11.2. The minimum Gasteiger partial charge on any atom is -0.497 e. The standard InChI is InChI=1S/C10H11FO4/c1-13-6-4-7(10(12)15-3)9(11)8(5-6)14-2/h4-5H,1-3H3. The van der Waals surface area contributed by atoms with E-state index in [9.17, 15) is 9.18 Å². The Kier molecular flexibility index (Phi) is 3.49. The van der Waals surface area contributed by atoms with Gasteiger partial charge in [-0.15, -0.1) is 0 Å². The fraction of sp³-hybridized carbons (Fsp3) is 0.300. The van der Waals surface area contributed by atoms with Gasteiger partial charge in [0.25, 0.3) is 0 Å². The minimum atomic E-state index is -0.773. The summed E-state index contributed by atoms with van der Waals surface area (Å²) in [6.45, 7) is 0. The summed E-state index contributed by atoms with van der Waals surface area (Å²) in [5, 5.41) is 0. The first-order valence-corrected chi connectivity index (χ1v) is 4.13. The van der Waals surface area contributed by atoms with E-state index in [2.05, 4.69) is 4.74 Å². The molecule has 1 aromatic carbocycles. The van der Waals surface area contributed by atoms with Gasteiger partial charge in [-0.2, -0.15) is 0 Å². The van der Waals surface area contributed by atoms with Crippen molar-refractivity contribution in [3.05, 3.63) is 23.5 Å². The maximum atomic E-state index is 13.5. The molecule has 0 unspecified atom stereocenters. The number of hydrogen-bond donors (Lipinski definition) is 0. The smallest absolute Gasteiger partial charge is 0.341 e. The third-order valence-electron chi connectivity index (χ3n) is 1.87. The van der Waals surface area contributed by atoms with Crippen LogP contribution in [0.15, 0.2) is 12.1 Å². The quantitative estimate of drug-likeness (QED) is 0.717. The molecule has 0 fully saturated rings. The lowest BCUT2D eigenvalue weighted by Crippen LogP contribution is -2.06. The predicted octanol–water partition coefficient (Wildman–Crippen LogP) is 1.63. The van der Waals surface area contributed by atoms with Gasteiger partial charge in [0.2, 0.25) is 0 Å². The molecule has 0 aliphatic carbocycles. The molecule has 4 nitrogen and oxygen atoms in total. The highest BCUT2D eigenvalue weighted by Gasteiger charge is 2.18. The van der Waals surface area contributed by atoms with Gasteiger partial charge in [0.15, 0.2) is 11.6 Å². The van der Waals surface area contributed by atoms with Crippen molar-refractivity contribution >= 4 is 5.97 Å². The number of methoxy groups -OCH3 is 3. The third-order valence-corrected chi connectivity index (χ3v) is 1.87. The van der Waals surface area contributed by atoms with Crippen LogP contribution >= 0.6 is 0 Å². The molecule has 1 aromatic rings. The van der Waals surface area contributed by atoms with E-state index in [-0.39, 0.29) is 11.3 Å². The van der Waals surface area contributed by atoms with Crippen LogP contribution in [0.1, 0.15) is 10.4 Å². The highest BCUT2D eigenvalue weighted by Crippen LogP contribution is 2.27. The van der Waals surface area contributed by atoms with Crippen molar-refractivity contribution in [2.45, 2.75) is 0 Å². The molecular weight excluding hydrogens is 203 g/mol. The number of halogens is 1. The zero-order chi connectivity index (χ0) is 11.4. The van der Waals surface area contributed by atoms with E-state index in [1.54, 1.807) is 0 Å². The number of benzene rings is 1. The van der Waals surface area contributed by atoms with Crippen LogP contribution in [-0.4, -0.2) is 27.3 Å². The second kappa shape index (κ2) is 4.63. The van der Waals surface area contributed by atoms with Gasteiger partial charge < -0.3 is 14.2 Å². The molecule has 0 spiro atoms. The summed E-state index contributed by atoms with van der Waals surface area (Å²) in [6.07, 6.45) is 0. The Balaban J connectivity index is 3.30. The first-order chi connectivity index (χ1) is 7.13. The van der Waals surface area contributed by atoms with Crippen molar-refractivity contribution < 1.29 is 23.4 Å². The molecule has 0 aromatic heterocycles. The van der Waals surface area contributed by atoms with Gasteiger partial charge >= 0.3 is 5.97 Å². The van der Waals surface area contributed by atoms with Crippen LogP contribution in [0.25, 0.3) is 0 Å². The van der Waals surface area contributed by atoms with E-state index in [1.165, 1.54) is 33.5 Å². The number of carbonyl (C=O) groups is 1. The van der Waals surface area contributed by atoms with Gasteiger partial charge in [-0.05, 0) is 6.07 Å². The molecule has 0 saturated heterocycles. The molecule has 0 amide bonds. The van der Waals surface area contributed by atoms with Gasteiger partial charge in [-0.3, -0.25) is 0 Å². The molecule has 0 heterocycles. The molecule has 0 bridgehead atoms. The largest absolute Gasteiger partial charge is 0.497 e. The van der Waals surface area contributed by atoms with Crippen LogP contribution in [0.4, 0.5) is 4.39 Å². The second-order valence-corrected chi connectivity index (χ2v) is 2.68. The number of ether oxygens (including phenoxy) is 3. The molecule has 0 saturated carbocycles. The average Bonchev–Trinajstić information content (AvgIpc) is 2.28. The molecule has 1 rings (SSSR count). The van der Waals surface area contributed by atoms with E-state index in [1.807, 2.05) is 0 Å². The lowest BCUT2D eigenvalue weighted by atomic mass is 10.2. The first kappa shape index (κ1) is 11.3. The van der Waals surface area contributed by atoms with E-state index in [4.69, 9.17) is 9.47 Å². The van der Waals surface area contributed by atoms with Gasteiger partial charge in [0, 0.05) is 6.07 Å². The predicted molar refractivity (Wildman–Crippen MR) is 50.8 cm³/mol. The molecule has 15 heavy (non-hydrogen) atoms. The molecule has 82 valence electrons. The molecule has 0 atom stereocenters. The maximum absolute atomic E-state index is 13.5. The zero-order valence-corrected chi connectivity index (χ0v) is 8.67. The van der Waals surface area contributed by atoms with Crippen LogP contribution in [0.3, 0.4) is 0 Å². The van der Waals surface area contributed by atoms with Crippen molar-refractivity contribution in [1.29, 1.82) is 0 Å². The summed E-state index contributed by atoms with van der Waals surface area (Å²) < 4.78 is 27.6. The zero-order valence-electron chi connectivity index (χ0n) is 8.67. The normalized spacial score (nSPS) is 9.60. The Morgan fingerprint density at radius 1 is 1.20 bits per heavy atom. The van der Waals surface area contributed by atoms with E-state index in [0.29, 0.717) is 5.75 Å². The Morgan fingerprint density at radius 3 is 2.33 bits per heavy atom. The SMILES string of the molecule is COC(=O)c1cc(OC)cc(OC)c1F. The van der Waals surface area contributed by atoms with Crippen molar-refractivity contribution in [2.75, 3.05) is 21.3 Å². The molecule has 0 radical (unpaired) electrons. The van der Waals surface area contributed by atoms with Crippen molar-refractivity contribution in [2.24, 2.45) is 0 Å². The second-order valence-electron chi connectivity index (χ2n) is 2.68. The van der Waals surface area contributed by atoms with E-state index in [0.717, 1.165) is 0 Å². The fourth-order valence-corrected chi connectivity index (χ4v) is 1.10. The van der Waals surface area contributed by atoms with Gasteiger partial charge in [-0.1, -0.05) is 0 Å². The number of rotatable bonds is 3. The Morgan fingerprint density at radius 2 is 1.87 bits per heavy atom. The van der Waals surface area contributed by atoms with Crippen molar-refractivity contribution in [3.8, 4) is 11.5 Å². The highest BCUT2D eigenvalue weighted by molar-refractivity contribution is 5.90. The summed E-state index contributed by atoms with van der Waals surface area (Å²) in [6, 6.07) is 2.60. The third kappa shape index (κ3) is 2.18. The molecule has 0 aliphatic rings. The van der Waals surface area contributed by atoms with Gasteiger partial charge in [0.1, 0.15) is 11.3 Å². The van der Waals surface area contributed by atoms with Gasteiger partial charge in [0.05, 0.1) is 21.3 Å². The van der Waals surface area contributed by atoms with Crippen LogP contribution in [0.5, 0.6) is 11.5 Å². The highest BCUT2D eigenvalue weighted by atomic mass is 19.1. The first-order valence-electron chi connectivity index (χ1n) is 4.13. The fourth-order valence-electron chi connectivity index (χ4n) is 1.10. The molecule has 5 heteroatoms. The van der Waals surface area contributed by atoms with Crippen LogP contribution < -0.4 is 9.47 Å². The maximum Gasteiger partial charge on any atom is 0.341 e. The monoisotopic (exact) mass is 214 g/mol. The van der Waals surface area contributed by atoms with Crippen LogP contribution in [0.2, 0.25) is 0 Å². The van der Waals surface area contributed by atoms with E-state index < -0.39 is 11.8 Å². The van der Waals surface area contributed by atoms with Crippen LogP contribution in [0, 0.1) is 5.82 Å². The topological polar surface area (TPSA) is 44.8 Å². The number of carbonyl (C=O) groups excluding carboxylic acids is 1. The molecule has 0 N–H and O–H groups in total. The van der Waals surface area contributed by atoms with Gasteiger partial charge in [-0.25, -0.2) is 9.18 Å². The summed E-state index contributed by atoms with van der Waals surface area (Å²) in [5.41, 5.74) is -0.214. The van der Waals surface area contributed by atoms with Crippen LogP contribution in [-0.2, 0) is 4.74 Å². The Hall–Kier alpha value is -1.78. The van der Waals surface area contributed by atoms with Crippen molar-refractivity contribution in [3.63, 3.8) is 0 Å². The summed E-state index contributed by atoms with van der Waals surface area (Å²) >= 11 is 0. The Bertz CT molecular complexity index is 376. The lowest BCUT2D eigenvalue weighted by Gasteiger charge is -2.08. The summed E-state index contributed by atoms with van der Waals surface area (Å²) in [7, 11) is 3.89. The minimum absolute atomic E-state index is 0.0604. The number of hydrogen-bond acceptors (Lipinski definition) is 4. The van der Waals surface area contributed by atoms with Crippen molar-refractivity contribution in [1.82, 2.24) is 0 Å². The lowest BCUT2D eigenvalue weighted by molar-refractivity contribution is 0.0594. The van der Waals surface area contributed by atoms with E-state index >= 15 is 0 Å². The molecular formula is C10H11FO4. The Labute approximate surface area is 86.6 Å². The molecule has 0 aliphatic heterocycles.